The SMILES string of the molecule is Nc1ncnc2c1ncn2[C@@H]1O[C@H](COS(=O)(=O)C(=O)[C@@H](N)Cc2ccccc2)[C@@H](O)[C@H]1O. The van der Waals surface area contributed by atoms with Gasteiger partial charge >= 0.3 is 10.1 Å². The van der Waals surface area contributed by atoms with Crippen molar-refractivity contribution in [2.75, 3.05) is 12.3 Å². The van der Waals surface area contributed by atoms with Crippen LogP contribution in [-0.2, 0) is 30.3 Å². The zero-order chi connectivity index (χ0) is 23.8. The number of fused-ring (bicyclic) bond motifs is 1. The summed E-state index contributed by atoms with van der Waals surface area (Å²) in [5, 5.41) is 19.5. The Labute approximate surface area is 188 Å². The summed E-state index contributed by atoms with van der Waals surface area (Å²) in [5.74, 6) is 0.114. The number of hydrogen-bond acceptors (Lipinski definition) is 12. The summed E-state index contributed by atoms with van der Waals surface area (Å²) in [6.07, 6.45) is -2.92. The minimum Gasteiger partial charge on any atom is -0.387 e. The number of anilines is 1. The fourth-order valence-electron chi connectivity index (χ4n) is 3.50. The van der Waals surface area contributed by atoms with Crippen LogP contribution in [0.25, 0.3) is 11.2 Å². The highest BCUT2D eigenvalue weighted by atomic mass is 32.2. The minimum absolute atomic E-state index is 0.00426. The van der Waals surface area contributed by atoms with E-state index >= 15 is 0 Å². The maximum atomic E-state index is 12.3. The van der Waals surface area contributed by atoms with E-state index in [9.17, 15) is 23.4 Å². The molecule has 0 saturated carbocycles. The van der Waals surface area contributed by atoms with Crippen molar-refractivity contribution in [2.45, 2.75) is 37.0 Å². The molecule has 1 aliphatic heterocycles. The fourth-order valence-corrected chi connectivity index (χ4v) is 4.39. The van der Waals surface area contributed by atoms with Gasteiger partial charge in [0.25, 0.3) is 5.12 Å². The van der Waals surface area contributed by atoms with E-state index < -0.39 is 52.4 Å². The number of imidazole rings is 1. The standard InChI is InChI=1S/C19H22N6O7S/c20-11(6-10-4-2-1-3-5-10)19(28)33(29,30)31-7-12-14(26)15(27)18(32-12)25-9-24-13-16(21)22-8-23-17(13)25/h1-5,8-9,11-12,14-15,18,26-27H,6-7,20H2,(H2,21,22,23)/t11-,12+,14+,15+,18+/m0/s1. The molecule has 33 heavy (non-hydrogen) atoms. The topological polar surface area (TPSA) is 206 Å². The van der Waals surface area contributed by atoms with E-state index in [0.29, 0.717) is 5.56 Å². The molecular weight excluding hydrogens is 456 g/mol. The third-order valence-corrected chi connectivity index (χ3v) is 6.48. The van der Waals surface area contributed by atoms with Gasteiger partial charge < -0.3 is 26.4 Å². The Balaban J connectivity index is 1.42. The average molecular weight is 478 g/mol. The van der Waals surface area contributed by atoms with Crippen LogP contribution >= 0.6 is 0 Å². The Morgan fingerprint density at radius 3 is 2.64 bits per heavy atom. The van der Waals surface area contributed by atoms with E-state index in [1.54, 1.807) is 30.3 Å². The number of rotatable bonds is 7. The predicted octanol–water partition coefficient (Wildman–Crippen LogP) is -1.53. The zero-order valence-corrected chi connectivity index (χ0v) is 17.9. The van der Waals surface area contributed by atoms with Crippen molar-refractivity contribution in [1.29, 1.82) is 0 Å². The summed E-state index contributed by atoms with van der Waals surface area (Å²) in [5.41, 5.74) is 12.7. The average Bonchev–Trinajstić information content (AvgIpc) is 3.35. The molecule has 0 aliphatic carbocycles. The number of carbonyl (C=O) groups is 1. The number of hydrogen-bond donors (Lipinski definition) is 4. The lowest BCUT2D eigenvalue weighted by molar-refractivity contribution is -0.113. The fraction of sp³-hybridized carbons (Fsp3) is 0.368. The highest BCUT2D eigenvalue weighted by Crippen LogP contribution is 2.32. The van der Waals surface area contributed by atoms with E-state index in [1.165, 1.54) is 17.2 Å². The van der Waals surface area contributed by atoms with Crippen LogP contribution in [0.2, 0.25) is 0 Å². The Hall–Kier alpha value is -3.01. The van der Waals surface area contributed by atoms with Crippen molar-refractivity contribution in [3.8, 4) is 0 Å². The lowest BCUT2D eigenvalue weighted by atomic mass is 10.1. The molecule has 1 saturated heterocycles. The summed E-state index contributed by atoms with van der Waals surface area (Å²) in [7, 11) is -4.71. The van der Waals surface area contributed by atoms with Crippen molar-refractivity contribution in [2.24, 2.45) is 5.73 Å². The number of nitrogens with two attached hydrogens (primary N) is 2. The lowest BCUT2D eigenvalue weighted by Gasteiger charge is -2.16. The maximum absolute atomic E-state index is 12.3. The van der Waals surface area contributed by atoms with E-state index in [0.717, 1.165) is 0 Å². The molecule has 13 nitrogen and oxygen atoms in total. The van der Waals surface area contributed by atoms with Gasteiger partial charge in [-0.05, 0) is 12.0 Å². The van der Waals surface area contributed by atoms with Crippen molar-refractivity contribution >= 4 is 32.2 Å². The highest BCUT2D eigenvalue weighted by molar-refractivity contribution is 8.02. The summed E-state index contributed by atoms with van der Waals surface area (Å²) < 4.78 is 36.4. The molecule has 0 amide bonds. The van der Waals surface area contributed by atoms with Crippen molar-refractivity contribution in [3.63, 3.8) is 0 Å². The summed E-state index contributed by atoms with van der Waals surface area (Å²) in [4.78, 5) is 24.2. The van der Waals surface area contributed by atoms with Crippen LogP contribution in [0.1, 0.15) is 11.8 Å². The van der Waals surface area contributed by atoms with Crippen molar-refractivity contribution in [3.05, 3.63) is 48.5 Å². The molecule has 176 valence electrons. The van der Waals surface area contributed by atoms with Gasteiger partial charge in [0.15, 0.2) is 17.7 Å². The number of nitrogens with zero attached hydrogens (tertiary/aromatic N) is 4. The van der Waals surface area contributed by atoms with Gasteiger partial charge in [0.2, 0.25) is 0 Å². The van der Waals surface area contributed by atoms with E-state index in [1.807, 2.05) is 0 Å². The smallest absolute Gasteiger partial charge is 0.332 e. The number of ether oxygens (including phenoxy) is 1. The second-order valence-electron chi connectivity index (χ2n) is 7.48. The summed E-state index contributed by atoms with van der Waals surface area (Å²) >= 11 is 0. The first-order valence-electron chi connectivity index (χ1n) is 9.86. The molecule has 0 unspecified atom stereocenters. The largest absolute Gasteiger partial charge is 0.387 e. The molecule has 0 radical (unpaired) electrons. The number of benzene rings is 1. The number of aliphatic hydroxyl groups is 2. The van der Waals surface area contributed by atoms with Gasteiger partial charge in [-0.1, -0.05) is 30.3 Å². The molecule has 1 fully saturated rings. The molecule has 0 spiro atoms. The van der Waals surface area contributed by atoms with Crippen LogP contribution in [0.4, 0.5) is 5.82 Å². The molecule has 2 aromatic heterocycles. The lowest BCUT2D eigenvalue weighted by Crippen LogP contribution is -2.40. The van der Waals surface area contributed by atoms with Crippen molar-refractivity contribution < 1.29 is 32.3 Å². The second kappa shape index (κ2) is 9.09. The molecule has 0 bridgehead atoms. The normalized spacial score (nSPS) is 24.2. The molecule has 5 atom stereocenters. The number of aliphatic hydroxyl groups excluding tert-OH is 2. The summed E-state index contributed by atoms with van der Waals surface area (Å²) in [6.45, 7) is -0.718. The molecule has 14 heteroatoms. The van der Waals surface area contributed by atoms with Gasteiger partial charge in [0, 0.05) is 0 Å². The molecule has 1 aromatic carbocycles. The second-order valence-corrected chi connectivity index (χ2v) is 9.03. The third kappa shape index (κ3) is 4.57. The van der Waals surface area contributed by atoms with Gasteiger partial charge in [-0.25, -0.2) is 15.0 Å². The van der Waals surface area contributed by atoms with Crippen molar-refractivity contribution in [1.82, 2.24) is 19.5 Å². The predicted molar refractivity (Wildman–Crippen MR) is 114 cm³/mol. The first-order chi connectivity index (χ1) is 15.7. The van der Waals surface area contributed by atoms with Crippen LogP contribution in [0.15, 0.2) is 43.0 Å². The van der Waals surface area contributed by atoms with Gasteiger partial charge in [0.1, 0.15) is 30.2 Å². The Morgan fingerprint density at radius 1 is 1.18 bits per heavy atom. The Kier molecular flexibility index (Phi) is 6.38. The van der Waals surface area contributed by atoms with Gasteiger partial charge in [-0.2, -0.15) is 8.42 Å². The monoisotopic (exact) mass is 478 g/mol. The zero-order valence-electron chi connectivity index (χ0n) is 17.1. The molecular formula is C19H22N6O7S. The van der Waals surface area contributed by atoms with Crippen LogP contribution in [0, 0.1) is 0 Å². The quantitative estimate of drug-likeness (QED) is 0.285. The van der Waals surface area contributed by atoms with E-state index in [-0.39, 0.29) is 23.4 Å². The number of nitrogen functional groups attached to an aromatic ring is 1. The van der Waals surface area contributed by atoms with E-state index in [2.05, 4.69) is 15.0 Å². The van der Waals surface area contributed by atoms with Crippen LogP contribution in [0.3, 0.4) is 0 Å². The van der Waals surface area contributed by atoms with Gasteiger partial charge in [-0.3, -0.25) is 13.5 Å². The third-order valence-electron chi connectivity index (χ3n) is 5.23. The number of carbonyl (C=O) groups excluding carboxylic acids is 1. The molecule has 3 aromatic rings. The van der Waals surface area contributed by atoms with Gasteiger partial charge in [-0.15, -0.1) is 0 Å². The first-order valence-corrected chi connectivity index (χ1v) is 11.3. The molecule has 3 heterocycles. The number of aromatic nitrogens is 4. The van der Waals surface area contributed by atoms with Gasteiger partial charge in [0.05, 0.1) is 19.0 Å². The molecule has 1 aliphatic rings. The molecule has 4 rings (SSSR count). The Morgan fingerprint density at radius 2 is 1.91 bits per heavy atom. The van der Waals surface area contributed by atoms with Crippen LogP contribution in [-0.4, -0.2) is 74.2 Å². The van der Waals surface area contributed by atoms with E-state index in [4.69, 9.17) is 20.4 Å². The van der Waals surface area contributed by atoms with Crippen LogP contribution < -0.4 is 11.5 Å². The maximum Gasteiger partial charge on any atom is 0.332 e. The molecule has 6 N–H and O–H groups in total. The Bertz CT molecular complexity index is 1250. The highest BCUT2D eigenvalue weighted by Gasteiger charge is 2.45. The first kappa shape index (κ1) is 23.2. The summed E-state index contributed by atoms with van der Waals surface area (Å²) in [6, 6.07) is 7.34. The minimum atomic E-state index is -4.71. The van der Waals surface area contributed by atoms with Crippen LogP contribution in [0.5, 0.6) is 0 Å².